The molecule has 1 aromatic carbocycles. The van der Waals surface area contributed by atoms with Gasteiger partial charge in [0.25, 0.3) is 0 Å². The Hall–Kier alpha value is -1.73. The van der Waals surface area contributed by atoms with Crippen molar-refractivity contribution in [1.82, 2.24) is 19.6 Å². The van der Waals surface area contributed by atoms with Crippen LogP contribution < -0.4 is 0 Å². The van der Waals surface area contributed by atoms with Crippen LogP contribution in [-0.4, -0.2) is 77.2 Å². The Kier molecular flexibility index (Phi) is 6.58. The fraction of sp³-hybridized carbons (Fsp3) is 0.625. The molecule has 2 aromatic rings. The number of likely N-dealkylation sites (tertiary alicyclic amines) is 1. The number of aliphatic hydroxyl groups excluding tert-OH is 1. The van der Waals surface area contributed by atoms with E-state index in [9.17, 15) is 5.11 Å². The Morgan fingerprint density at radius 2 is 1.73 bits per heavy atom. The quantitative estimate of drug-likeness (QED) is 0.791. The van der Waals surface area contributed by atoms with Gasteiger partial charge in [0.2, 0.25) is 0 Å². The molecule has 6 nitrogen and oxygen atoms in total. The lowest BCUT2D eigenvalue weighted by atomic mass is 9.96. The number of nitrogens with zero attached hydrogens (tertiary/aromatic N) is 4. The van der Waals surface area contributed by atoms with Gasteiger partial charge in [-0.2, -0.15) is 5.10 Å². The van der Waals surface area contributed by atoms with Gasteiger partial charge in [-0.1, -0.05) is 30.3 Å². The van der Waals surface area contributed by atoms with Gasteiger partial charge in [0.05, 0.1) is 24.4 Å². The van der Waals surface area contributed by atoms with Crippen LogP contribution in [0.25, 0.3) is 11.3 Å². The molecular weight excluding hydrogens is 376 g/mol. The molecule has 6 heteroatoms. The molecule has 2 aliphatic heterocycles. The van der Waals surface area contributed by atoms with E-state index in [-0.39, 0.29) is 12.1 Å². The zero-order chi connectivity index (χ0) is 21.1. The first kappa shape index (κ1) is 21.5. The van der Waals surface area contributed by atoms with Crippen LogP contribution in [0.3, 0.4) is 0 Å². The summed E-state index contributed by atoms with van der Waals surface area (Å²) in [6.45, 7) is 14.4. The summed E-state index contributed by atoms with van der Waals surface area (Å²) in [5.74, 6) is 0.844. The van der Waals surface area contributed by atoms with Crippen LogP contribution in [0.2, 0.25) is 0 Å². The molecule has 2 unspecified atom stereocenters. The van der Waals surface area contributed by atoms with Gasteiger partial charge < -0.3 is 9.84 Å². The van der Waals surface area contributed by atoms with E-state index in [1.165, 1.54) is 11.1 Å². The lowest BCUT2D eigenvalue weighted by molar-refractivity contribution is 0.0264. The summed E-state index contributed by atoms with van der Waals surface area (Å²) in [6, 6.07) is 10.5. The van der Waals surface area contributed by atoms with Crippen molar-refractivity contribution in [3.8, 4) is 11.3 Å². The minimum atomic E-state index is -0.0563. The van der Waals surface area contributed by atoms with E-state index in [2.05, 4.69) is 65.7 Å². The third-order valence-electron chi connectivity index (χ3n) is 6.40. The van der Waals surface area contributed by atoms with E-state index < -0.39 is 0 Å². The van der Waals surface area contributed by atoms with Crippen LogP contribution >= 0.6 is 0 Å². The Balaban J connectivity index is 1.51. The lowest BCUT2D eigenvalue weighted by Gasteiger charge is -2.30. The summed E-state index contributed by atoms with van der Waals surface area (Å²) in [6.07, 6.45) is 2.21. The molecule has 1 N–H and O–H groups in total. The summed E-state index contributed by atoms with van der Waals surface area (Å²) >= 11 is 0. The molecule has 0 saturated carbocycles. The highest BCUT2D eigenvalue weighted by molar-refractivity contribution is 5.62. The standard InChI is InChI=1S/C24H36N4O2/c1-24(2,3)28-17-21(23(25-28)19-7-5-4-6-8-19)15-27-14-20(22(16-27)18-29)13-26-9-11-30-12-10-26/h4-8,17,20,22,29H,9-16,18H2,1-3H3. The second-order valence-corrected chi connectivity index (χ2v) is 9.79. The summed E-state index contributed by atoms with van der Waals surface area (Å²) in [4.78, 5) is 5.00. The van der Waals surface area contributed by atoms with Gasteiger partial charge in [0.15, 0.2) is 0 Å². The molecule has 0 radical (unpaired) electrons. The van der Waals surface area contributed by atoms with E-state index in [4.69, 9.17) is 9.84 Å². The molecule has 3 heterocycles. The second-order valence-electron chi connectivity index (χ2n) is 9.79. The molecule has 0 amide bonds. The molecule has 30 heavy (non-hydrogen) atoms. The van der Waals surface area contributed by atoms with Gasteiger partial charge in [-0.05, 0) is 32.6 Å². The van der Waals surface area contributed by atoms with Crippen molar-refractivity contribution in [3.05, 3.63) is 42.1 Å². The average molecular weight is 413 g/mol. The largest absolute Gasteiger partial charge is 0.396 e. The number of ether oxygens (including phenoxy) is 1. The molecule has 0 aliphatic carbocycles. The summed E-state index contributed by atoms with van der Waals surface area (Å²) in [7, 11) is 0. The maximum absolute atomic E-state index is 10.0. The highest BCUT2D eigenvalue weighted by Crippen LogP contribution is 2.30. The third kappa shape index (κ3) is 4.94. The maximum Gasteiger partial charge on any atom is 0.0968 e. The number of rotatable bonds is 6. The third-order valence-corrected chi connectivity index (χ3v) is 6.40. The van der Waals surface area contributed by atoms with Crippen LogP contribution in [0.4, 0.5) is 0 Å². The average Bonchev–Trinajstić information content (AvgIpc) is 3.33. The van der Waals surface area contributed by atoms with E-state index in [1.54, 1.807) is 0 Å². The van der Waals surface area contributed by atoms with Crippen LogP contribution in [0, 0.1) is 11.8 Å². The Bertz CT molecular complexity index is 808. The molecule has 2 atom stereocenters. The summed E-state index contributed by atoms with van der Waals surface area (Å²) in [5, 5.41) is 15.0. The minimum absolute atomic E-state index is 0.0563. The fourth-order valence-corrected chi connectivity index (χ4v) is 4.64. The Morgan fingerprint density at radius 1 is 1.03 bits per heavy atom. The number of morpholine rings is 1. The first-order valence-corrected chi connectivity index (χ1v) is 11.2. The van der Waals surface area contributed by atoms with E-state index in [1.807, 2.05) is 6.07 Å². The highest BCUT2D eigenvalue weighted by atomic mass is 16.5. The molecule has 4 rings (SSSR count). The van der Waals surface area contributed by atoms with Gasteiger partial charge in [0, 0.05) is 63.2 Å². The predicted octanol–water partition coefficient (Wildman–Crippen LogP) is 2.68. The van der Waals surface area contributed by atoms with Crippen molar-refractivity contribution in [1.29, 1.82) is 0 Å². The van der Waals surface area contributed by atoms with E-state index in [0.717, 1.165) is 58.2 Å². The molecular formula is C24H36N4O2. The minimum Gasteiger partial charge on any atom is -0.396 e. The van der Waals surface area contributed by atoms with Gasteiger partial charge in [-0.15, -0.1) is 0 Å². The monoisotopic (exact) mass is 412 g/mol. The van der Waals surface area contributed by atoms with Crippen LogP contribution in [0.5, 0.6) is 0 Å². The number of benzene rings is 1. The van der Waals surface area contributed by atoms with Crippen molar-refractivity contribution in [2.24, 2.45) is 11.8 Å². The van der Waals surface area contributed by atoms with Crippen molar-refractivity contribution in [2.75, 3.05) is 52.5 Å². The molecule has 0 bridgehead atoms. The second kappa shape index (κ2) is 9.18. The predicted molar refractivity (Wildman–Crippen MR) is 119 cm³/mol. The molecule has 1 aromatic heterocycles. The van der Waals surface area contributed by atoms with Gasteiger partial charge in [0.1, 0.15) is 0 Å². The number of aliphatic hydroxyl groups is 1. The molecule has 164 valence electrons. The SMILES string of the molecule is CC(C)(C)n1cc(CN2CC(CO)C(CN3CCOCC3)C2)c(-c2ccccc2)n1. The summed E-state index contributed by atoms with van der Waals surface area (Å²) < 4.78 is 7.58. The van der Waals surface area contributed by atoms with Crippen molar-refractivity contribution >= 4 is 0 Å². The fourth-order valence-electron chi connectivity index (χ4n) is 4.64. The number of aromatic nitrogens is 2. The lowest BCUT2D eigenvalue weighted by Crippen LogP contribution is -2.41. The van der Waals surface area contributed by atoms with Crippen LogP contribution in [-0.2, 0) is 16.8 Å². The topological polar surface area (TPSA) is 53.8 Å². The van der Waals surface area contributed by atoms with Crippen molar-refractivity contribution in [2.45, 2.75) is 32.9 Å². The Labute approximate surface area is 180 Å². The van der Waals surface area contributed by atoms with Crippen molar-refractivity contribution < 1.29 is 9.84 Å². The highest BCUT2D eigenvalue weighted by Gasteiger charge is 2.34. The van der Waals surface area contributed by atoms with Crippen molar-refractivity contribution in [3.63, 3.8) is 0 Å². The zero-order valence-corrected chi connectivity index (χ0v) is 18.6. The number of hydrogen-bond acceptors (Lipinski definition) is 5. The molecule has 2 saturated heterocycles. The van der Waals surface area contributed by atoms with Gasteiger partial charge >= 0.3 is 0 Å². The van der Waals surface area contributed by atoms with Crippen LogP contribution in [0.1, 0.15) is 26.3 Å². The smallest absolute Gasteiger partial charge is 0.0968 e. The normalized spacial score (nSPS) is 23.9. The summed E-state index contributed by atoms with van der Waals surface area (Å²) in [5.41, 5.74) is 3.44. The van der Waals surface area contributed by atoms with Gasteiger partial charge in [-0.3, -0.25) is 14.5 Å². The number of hydrogen-bond donors (Lipinski definition) is 1. The maximum atomic E-state index is 10.0. The molecule has 2 aliphatic rings. The Morgan fingerprint density at radius 3 is 2.40 bits per heavy atom. The van der Waals surface area contributed by atoms with E-state index in [0.29, 0.717) is 11.8 Å². The zero-order valence-electron chi connectivity index (χ0n) is 18.6. The van der Waals surface area contributed by atoms with E-state index >= 15 is 0 Å². The first-order valence-electron chi connectivity index (χ1n) is 11.2. The first-order chi connectivity index (χ1) is 14.4. The van der Waals surface area contributed by atoms with Crippen LogP contribution in [0.15, 0.2) is 36.5 Å². The molecule has 0 spiro atoms. The molecule has 2 fully saturated rings. The van der Waals surface area contributed by atoms with Gasteiger partial charge in [-0.25, -0.2) is 0 Å².